The van der Waals surface area contributed by atoms with Crippen LogP contribution in [0.2, 0.25) is 0 Å². The Morgan fingerprint density at radius 2 is 1.32 bits per heavy atom. The summed E-state index contributed by atoms with van der Waals surface area (Å²) < 4.78 is 2.04. The van der Waals surface area contributed by atoms with Crippen LogP contribution in [0.3, 0.4) is 0 Å². The molecule has 0 aliphatic rings. The number of fused-ring (bicyclic) bond motifs is 3. The smallest absolute Gasteiger partial charge is 0.422 e. The normalized spacial score (nSPS) is 11.2. The summed E-state index contributed by atoms with van der Waals surface area (Å²) in [6.45, 7) is 0. The molecule has 0 radical (unpaired) electrons. The molecular weight excluding hydrogens is 275 g/mol. The van der Waals surface area contributed by atoms with Gasteiger partial charge in [0.1, 0.15) is 5.82 Å². The van der Waals surface area contributed by atoms with E-state index in [-0.39, 0.29) is 5.59 Å². The van der Waals surface area contributed by atoms with Crippen LogP contribution in [0, 0.1) is 0 Å². The van der Waals surface area contributed by atoms with Gasteiger partial charge in [0.05, 0.1) is 16.6 Å². The minimum absolute atomic E-state index is 0.236. The largest absolute Gasteiger partial charge is 0.508 e. The Kier molecular flexibility index (Phi) is 2.96. The first-order valence-corrected chi connectivity index (χ1v) is 7.07. The van der Waals surface area contributed by atoms with E-state index in [1.807, 2.05) is 47.0 Å². The molecule has 0 saturated carbocycles. The zero-order valence-electron chi connectivity index (χ0n) is 11.7. The average Bonchev–Trinajstić information content (AvgIpc) is 2.89. The molecule has 4 nitrogen and oxygen atoms in total. The van der Waals surface area contributed by atoms with Gasteiger partial charge in [0.2, 0.25) is 0 Å². The molecule has 2 aromatic carbocycles. The number of pyridine rings is 1. The lowest BCUT2D eigenvalue weighted by Gasteiger charge is -2.08. The predicted octanol–water partition coefficient (Wildman–Crippen LogP) is 1.86. The molecule has 0 unspecified atom stereocenters. The molecule has 0 fully saturated rings. The molecule has 0 spiro atoms. The van der Waals surface area contributed by atoms with E-state index < -0.39 is 7.12 Å². The van der Waals surface area contributed by atoms with Crippen molar-refractivity contribution in [2.45, 2.75) is 0 Å². The third-order valence-electron chi connectivity index (χ3n) is 3.83. The first kappa shape index (κ1) is 13.1. The average molecular weight is 288 g/mol. The molecule has 0 atom stereocenters. The van der Waals surface area contributed by atoms with E-state index in [4.69, 9.17) is 0 Å². The van der Waals surface area contributed by atoms with E-state index in [2.05, 4.69) is 17.1 Å². The lowest BCUT2D eigenvalue weighted by atomic mass is 9.86. The van der Waals surface area contributed by atoms with Crippen LogP contribution in [0.1, 0.15) is 0 Å². The molecule has 0 saturated heterocycles. The van der Waals surface area contributed by atoms with Gasteiger partial charge in [-0.1, -0.05) is 42.5 Å². The highest BCUT2D eigenvalue weighted by Crippen LogP contribution is 2.30. The molecule has 0 amide bonds. The number of aromatic nitrogens is 2. The van der Waals surface area contributed by atoms with Crippen LogP contribution in [0.4, 0.5) is 0 Å². The molecule has 4 rings (SSSR count). The molecular formula is C17H13BN2O2. The maximum Gasteiger partial charge on any atom is 0.508 e. The Morgan fingerprint density at radius 1 is 0.727 bits per heavy atom. The maximum absolute atomic E-state index is 9.36. The van der Waals surface area contributed by atoms with Gasteiger partial charge in [-0.2, -0.15) is 0 Å². The Hall–Kier alpha value is -2.63. The van der Waals surface area contributed by atoms with E-state index in [1.165, 1.54) is 0 Å². The van der Waals surface area contributed by atoms with Crippen molar-refractivity contribution < 1.29 is 10.0 Å². The van der Waals surface area contributed by atoms with E-state index in [0.29, 0.717) is 5.82 Å². The van der Waals surface area contributed by atoms with Crippen LogP contribution in [-0.4, -0.2) is 26.7 Å². The van der Waals surface area contributed by atoms with Crippen molar-refractivity contribution in [2.75, 3.05) is 0 Å². The highest BCUT2D eigenvalue weighted by atomic mass is 16.4. The lowest BCUT2D eigenvalue weighted by Crippen LogP contribution is -2.33. The Morgan fingerprint density at radius 3 is 1.91 bits per heavy atom. The minimum Gasteiger partial charge on any atom is -0.422 e. The van der Waals surface area contributed by atoms with Crippen molar-refractivity contribution in [2.24, 2.45) is 0 Å². The van der Waals surface area contributed by atoms with E-state index in [9.17, 15) is 10.0 Å². The summed E-state index contributed by atoms with van der Waals surface area (Å²) in [6.07, 6.45) is 0. The minimum atomic E-state index is -1.58. The third kappa shape index (κ3) is 1.91. The summed E-state index contributed by atoms with van der Waals surface area (Å²) >= 11 is 0. The summed E-state index contributed by atoms with van der Waals surface area (Å²) in [5.41, 5.74) is 2.32. The van der Waals surface area contributed by atoms with Crippen LogP contribution in [0.15, 0.2) is 66.7 Å². The van der Waals surface area contributed by atoms with Gasteiger partial charge in [-0.15, -0.1) is 0 Å². The zero-order valence-corrected chi connectivity index (χ0v) is 11.7. The van der Waals surface area contributed by atoms with Crippen LogP contribution in [0.5, 0.6) is 0 Å². The number of nitrogens with zero attached hydrogens (tertiary/aromatic N) is 2. The fourth-order valence-corrected chi connectivity index (χ4v) is 2.88. The van der Waals surface area contributed by atoms with Crippen LogP contribution >= 0.6 is 0 Å². The first-order chi connectivity index (χ1) is 10.8. The maximum atomic E-state index is 9.36. The fourth-order valence-electron chi connectivity index (χ4n) is 2.88. The SMILES string of the molecule is OB(O)c1cccc(-n2c3ccccc3c3ccccc32)n1. The highest BCUT2D eigenvalue weighted by Gasteiger charge is 2.16. The van der Waals surface area contributed by atoms with Crippen molar-refractivity contribution >= 4 is 34.5 Å². The number of hydrogen-bond donors (Lipinski definition) is 2. The van der Waals surface area contributed by atoms with Crippen molar-refractivity contribution in [3.63, 3.8) is 0 Å². The Balaban J connectivity index is 2.11. The van der Waals surface area contributed by atoms with E-state index in [0.717, 1.165) is 21.8 Å². The van der Waals surface area contributed by atoms with Gasteiger partial charge < -0.3 is 10.0 Å². The zero-order chi connectivity index (χ0) is 15.1. The highest BCUT2D eigenvalue weighted by molar-refractivity contribution is 6.57. The lowest BCUT2D eigenvalue weighted by molar-refractivity contribution is 0.424. The summed E-state index contributed by atoms with van der Waals surface area (Å²) in [6, 6.07) is 21.5. The van der Waals surface area contributed by atoms with Crippen LogP contribution < -0.4 is 5.59 Å². The van der Waals surface area contributed by atoms with Crippen LogP contribution in [-0.2, 0) is 0 Å². The van der Waals surface area contributed by atoms with Gasteiger partial charge in [0, 0.05) is 10.8 Å². The van der Waals surface area contributed by atoms with E-state index >= 15 is 0 Å². The molecule has 22 heavy (non-hydrogen) atoms. The quantitative estimate of drug-likeness (QED) is 0.553. The van der Waals surface area contributed by atoms with Crippen molar-refractivity contribution in [3.05, 3.63) is 66.7 Å². The van der Waals surface area contributed by atoms with Gasteiger partial charge >= 0.3 is 7.12 Å². The molecule has 0 aliphatic heterocycles. The molecule has 0 bridgehead atoms. The monoisotopic (exact) mass is 288 g/mol. The van der Waals surface area contributed by atoms with Crippen molar-refractivity contribution in [3.8, 4) is 5.82 Å². The number of benzene rings is 2. The molecule has 106 valence electrons. The number of hydrogen-bond acceptors (Lipinski definition) is 3. The molecule has 5 heteroatoms. The number of rotatable bonds is 2. The Bertz CT molecular complexity index is 925. The van der Waals surface area contributed by atoms with Gasteiger partial charge in [0.25, 0.3) is 0 Å². The van der Waals surface area contributed by atoms with Gasteiger partial charge in [-0.3, -0.25) is 4.57 Å². The van der Waals surface area contributed by atoms with E-state index in [1.54, 1.807) is 12.1 Å². The first-order valence-electron chi connectivity index (χ1n) is 7.07. The predicted molar refractivity (Wildman–Crippen MR) is 88.4 cm³/mol. The fraction of sp³-hybridized carbons (Fsp3) is 0. The molecule has 2 heterocycles. The summed E-state index contributed by atoms with van der Waals surface area (Å²) in [5.74, 6) is 0.669. The summed E-state index contributed by atoms with van der Waals surface area (Å²) in [4.78, 5) is 4.38. The van der Waals surface area contributed by atoms with Gasteiger partial charge in [-0.25, -0.2) is 4.98 Å². The van der Waals surface area contributed by atoms with Gasteiger partial charge in [0.15, 0.2) is 0 Å². The van der Waals surface area contributed by atoms with Crippen molar-refractivity contribution in [1.29, 1.82) is 0 Å². The third-order valence-corrected chi connectivity index (χ3v) is 3.83. The standard InChI is InChI=1S/C17H13BN2O2/c21-18(22)16-10-5-11-17(19-16)20-14-8-3-1-6-12(14)13-7-2-4-9-15(13)20/h1-11,21-22H. The molecule has 2 N–H and O–H groups in total. The molecule has 4 aromatic rings. The second-order valence-electron chi connectivity index (χ2n) is 5.16. The van der Waals surface area contributed by atoms with Gasteiger partial charge in [-0.05, 0) is 24.3 Å². The van der Waals surface area contributed by atoms with Crippen LogP contribution in [0.25, 0.3) is 27.6 Å². The second kappa shape index (κ2) is 4.98. The summed E-state index contributed by atoms with van der Waals surface area (Å²) in [5, 5.41) is 21.0. The summed E-state index contributed by atoms with van der Waals surface area (Å²) in [7, 11) is -1.58. The second-order valence-corrected chi connectivity index (χ2v) is 5.16. The van der Waals surface area contributed by atoms with Crippen molar-refractivity contribution in [1.82, 2.24) is 9.55 Å². The molecule has 0 aliphatic carbocycles. The molecule has 2 aromatic heterocycles. The Labute approximate surface area is 127 Å². The number of para-hydroxylation sites is 2. The topological polar surface area (TPSA) is 58.3 Å².